The van der Waals surface area contributed by atoms with Crippen LogP contribution in [0, 0.1) is 6.92 Å². The summed E-state index contributed by atoms with van der Waals surface area (Å²) in [4.78, 5) is 21.8. The number of nitrogens with one attached hydrogen (secondary N) is 1. The van der Waals surface area contributed by atoms with Crippen molar-refractivity contribution < 1.29 is 14.1 Å². The highest BCUT2D eigenvalue weighted by atomic mass is 16.5. The molecule has 0 radical (unpaired) electrons. The van der Waals surface area contributed by atoms with E-state index in [0.29, 0.717) is 18.1 Å². The zero-order valence-electron chi connectivity index (χ0n) is 19.5. The molecule has 3 aromatic rings. The third-order valence-electron chi connectivity index (χ3n) is 6.05. The number of benzene rings is 2. The summed E-state index contributed by atoms with van der Waals surface area (Å²) in [6.07, 6.45) is 0.651. The molecule has 1 amide bonds. The fourth-order valence-corrected chi connectivity index (χ4v) is 3.95. The summed E-state index contributed by atoms with van der Waals surface area (Å²) in [7, 11) is 1.62. The summed E-state index contributed by atoms with van der Waals surface area (Å²) in [5, 5.41) is 7.02. The molecule has 1 aliphatic rings. The van der Waals surface area contributed by atoms with Crippen molar-refractivity contribution in [3.63, 3.8) is 0 Å². The molecule has 0 saturated carbocycles. The van der Waals surface area contributed by atoms with Crippen molar-refractivity contribution in [1.82, 2.24) is 15.0 Å². The van der Waals surface area contributed by atoms with Gasteiger partial charge >= 0.3 is 0 Å². The van der Waals surface area contributed by atoms with Crippen LogP contribution in [-0.2, 0) is 11.2 Å². The number of hydrogen-bond acceptors (Lipinski definition) is 7. The second-order valence-electron chi connectivity index (χ2n) is 8.21. The number of amides is 1. The van der Waals surface area contributed by atoms with E-state index >= 15 is 0 Å². The van der Waals surface area contributed by atoms with Gasteiger partial charge in [0.1, 0.15) is 5.75 Å². The van der Waals surface area contributed by atoms with Crippen LogP contribution in [0.25, 0.3) is 11.4 Å². The lowest BCUT2D eigenvalue weighted by Crippen LogP contribution is -2.46. The lowest BCUT2D eigenvalue weighted by Gasteiger charge is -2.35. The summed E-state index contributed by atoms with van der Waals surface area (Å²) in [5.41, 5.74) is 3.93. The number of aryl methyl sites for hydroxylation is 2. The standard InChI is InChI=1S/C25H31N5O3/c1-4-29-13-15-30(16-14-29)20-7-10-22(18(2)17-20)26-23(31)11-12-24-27-25(28-33-24)19-5-8-21(32-3)9-6-19/h5-10,17H,4,11-16H2,1-3H3,(H,26,31). The highest BCUT2D eigenvalue weighted by Crippen LogP contribution is 2.24. The molecule has 8 nitrogen and oxygen atoms in total. The Bertz CT molecular complexity index is 1070. The third kappa shape index (κ3) is 5.70. The minimum atomic E-state index is -0.0772. The van der Waals surface area contributed by atoms with E-state index in [-0.39, 0.29) is 12.3 Å². The number of rotatable bonds is 8. The maximum Gasteiger partial charge on any atom is 0.227 e. The number of nitrogens with zero attached hydrogens (tertiary/aromatic N) is 4. The van der Waals surface area contributed by atoms with Crippen LogP contribution in [0.3, 0.4) is 0 Å². The van der Waals surface area contributed by atoms with E-state index < -0.39 is 0 Å². The average molecular weight is 450 g/mol. The minimum absolute atomic E-state index is 0.0772. The van der Waals surface area contributed by atoms with Gasteiger partial charge in [-0.05, 0) is 61.5 Å². The number of methoxy groups -OCH3 is 1. The highest BCUT2D eigenvalue weighted by Gasteiger charge is 2.17. The normalized spacial score (nSPS) is 14.3. The van der Waals surface area contributed by atoms with Gasteiger partial charge < -0.3 is 24.4 Å². The molecule has 0 bridgehead atoms. The molecule has 33 heavy (non-hydrogen) atoms. The molecule has 1 aromatic heterocycles. The van der Waals surface area contributed by atoms with E-state index in [1.165, 1.54) is 5.69 Å². The van der Waals surface area contributed by atoms with Gasteiger partial charge in [0.05, 0.1) is 7.11 Å². The fourth-order valence-electron chi connectivity index (χ4n) is 3.95. The second-order valence-corrected chi connectivity index (χ2v) is 8.21. The third-order valence-corrected chi connectivity index (χ3v) is 6.05. The van der Waals surface area contributed by atoms with Crippen molar-refractivity contribution in [3.05, 3.63) is 53.9 Å². The zero-order chi connectivity index (χ0) is 23.2. The molecule has 174 valence electrons. The predicted octanol–water partition coefficient (Wildman–Crippen LogP) is 3.77. The maximum atomic E-state index is 12.5. The minimum Gasteiger partial charge on any atom is -0.497 e. The first-order chi connectivity index (χ1) is 16.1. The molecule has 0 unspecified atom stereocenters. The molecule has 1 saturated heterocycles. The molecular formula is C25H31N5O3. The Morgan fingerprint density at radius 1 is 1.12 bits per heavy atom. The van der Waals surface area contributed by atoms with Crippen LogP contribution in [-0.4, -0.2) is 60.8 Å². The van der Waals surface area contributed by atoms with Gasteiger partial charge in [-0.3, -0.25) is 4.79 Å². The monoisotopic (exact) mass is 449 g/mol. The van der Waals surface area contributed by atoms with Gasteiger partial charge in [0.15, 0.2) is 0 Å². The number of likely N-dealkylation sites (N-methyl/N-ethyl adjacent to an activating group) is 1. The number of anilines is 2. The maximum absolute atomic E-state index is 12.5. The quantitative estimate of drug-likeness (QED) is 0.560. The summed E-state index contributed by atoms with van der Waals surface area (Å²) < 4.78 is 10.5. The summed E-state index contributed by atoms with van der Waals surface area (Å²) >= 11 is 0. The predicted molar refractivity (Wildman–Crippen MR) is 129 cm³/mol. The first kappa shape index (κ1) is 22.8. The molecule has 0 atom stereocenters. The van der Waals surface area contributed by atoms with Gasteiger partial charge in [-0.15, -0.1) is 0 Å². The molecule has 1 aliphatic heterocycles. The Morgan fingerprint density at radius 2 is 1.88 bits per heavy atom. The van der Waals surface area contributed by atoms with E-state index in [0.717, 1.165) is 55.3 Å². The molecule has 2 heterocycles. The van der Waals surface area contributed by atoms with Crippen LogP contribution in [0.15, 0.2) is 47.0 Å². The molecule has 1 fully saturated rings. The lowest BCUT2D eigenvalue weighted by atomic mass is 10.1. The van der Waals surface area contributed by atoms with E-state index in [4.69, 9.17) is 9.26 Å². The number of piperazine rings is 1. The molecular weight excluding hydrogens is 418 g/mol. The Hall–Kier alpha value is -3.39. The van der Waals surface area contributed by atoms with Crippen molar-refractivity contribution in [2.45, 2.75) is 26.7 Å². The largest absolute Gasteiger partial charge is 0.497 e. The Kier molecular flexibility index (Phi) is 7.24. The number of carbonyl (C=O) groups is 1. The van der Waals surface area contributed by atoms with E-state index in [2.05, 4.69) is 44.3 Å². The van der Waals surface area contributed by atoms with Crippen molar-refractivity contribution in [3.8, 4) is 17.1 Å². The van der Waals surface area contributed by atoms with Crippen LogP contribution in [0.5, 0.6) is 5.75 Å². The van der Waals surface area contributed by atoms with Crippen LogP contribution >= 0.6 is 0 Å². The van der Waals surface area contributed by atoms with Crippen LogP contribution in [0.1, 0.15) is 24.8 Å². The first-order valence-electron chi connectivity index (χ1n) is 11.4. The number of ether oxygens (including phenoxy) is 1. The van der Waals surface area contributed by atoms with Gasteiger partial charge in [-0.1, -0.05) is 12.1 Å². The van der Waals surface area contributed by atoms with Crippen LogP contribution in [0.4, 0.5) is 11.4 Å². The SMILES string of the molecule is CCN1CCN(c2ccc(NC(=O)CCc3nc(-c4ccc(OC)cc4)no3)c(C)c2)CC1. The fraction of sp³-hybridized carbons (Fsp3) is 0.400. The molecule has 0 aliphatic carbocycles. The Balaban J connectivity index is 1.29. The second kappa shape index (κ2) is 10.5. The van der Waals surface area contributed by atoms with Crippen molar-refractivity contribution >= 4 is 17.3 Å². The van der Waals surface area contributed by atoms with Crippen LogP contribution < -0.4 is 15.0 Å². The van der Waals surface area contributed by atoms with E-state index in [1.807, 2.05) is 37.3 Å². The van der Waals surface area contributed by atoms with Gasteiger partial charge in [-0.25, -0.2) is 0 Å². The van der Waals surface area contributed by atoms with Gasteiger partial charge in [-0.2, -0.15) is 4.98 Å². The van der Waals surface area contributed by atoms with E-state index in [9.17, 15) is 4.79 Å². The number of carbonyl (C=O) groups excluding carboxylic acids is 1. The topological polar surface area (TPSA) is 83.7 Å². The summed E-state index contributed by atoms with van der Waals surface area (Å²) in [6.45, 7) is 9.57. The number of aromatic nitrogens is 2. The highest BCUT2D eigenvalue weighted by molar-refractivity contribution is 5.91. The van der Waals surface area contributed by atoms with E-state index in [1.54, 1.807) is 7.11 Å². The number of hydrogen-bond donors (Lipinski definition) is 1. The molecule has 4 rings (SSSR count). The molecule has 2 aromatic carbocycles. The van der Waals surface area contributed by atoms with Gasteiger partial charge in [0.2, 0.25) is 17.6 Å². The molecule has 8 heteroatoms. The average Bonchev–Trinajstić information content (AvgIpc) is 3.33. The van der Waals surface area contributed by atoms with Gasteiger partial charge in [0.25, 0.3) is 0 Å². The summed E-state index contributed by atoms with van der Waals surface area (Å²) in [6, 6.07) is 13.7. The van der Waals surface area contributed by atoms with Crippen molar-refractivity contribution in [1.29, 1.82) is 0 Å². The van der Waals surface area contributed by atoms with Gasteiger partial charge in [0, 0.05) is 56.0 Å². The van der Waals surface area contributed by atoms with Crippen LogP contribution in [0.2, 0.25) is 0 Å². The summed E-state index contributed by atoms with van der Waals surface area (Å²) in [5.74, 6) is 1.63. The Labute approximate surface area is 194 Å². The van der Waals surface area contributed by atoms with Crippen molar-refractivity contribution in [2.75, 3.05) is 50.1 Å². The molecule has 0 spiro atoms. The smallest absolute Gasteiger partial charge is 0.227 e. The lowest BCUT2D eigenvalue weighted by molar-refractivity contribution is -0.116. The zero-order valence-corrected chi connectivity index (χ0v) is 19.5. The van der Waals surface area contributed by atoms with Crippen molar-refractivity contribution in [2.24, 2.45) is 0 Å². The molecule has 1 N–H and O–H groups in total. The Morgan fingerprint density at radius 3 is 2.55 bits per heavy atom. The first-order valence-corrected chi connectivity index (χ1v) is 11.4.